The van der Waals surface area contributed by atoms with Crippen LogP contribution in [0.15, 0.2) is 53.4 Å². The molecule has 0 saturated heterocycles. The Morgan fingerprint density at radius 1 is 1.09 bits per heavy atom. The highest BCUT2D eigenvalue weighted by atomic mass is 32.2. The highest BCUT2D eigenvalue weighted by Crippen LogP contribution is 2.21. The van der Waals surface area contributed by atoms with Crippen molar-refractivity contribution in [3.05, 3.63) is 59.7 Å². The average Bonchev–Trinajstić information content (AvgIpc) is 2.57. The van der Waals surface area contributed by atoms with Gasteiger partial charge in [-0.1, -0.05) is 24.3 Å². The fourth-order valence-corrected chi connectivity index (χ4v) is 2.97. The minimum absolute atomic E-state index is 0.0708. The van der Waals surface area contributed by atoms with Crippen LogP contribution >= 0.6 is 11.8 Å². The zero-order valence-electron chi connectivity index (χ0n) is 13.2. The number of esters is 1. The molecule has 0 aliphatic carbocycles. The van der Waals surface area contributed by atoms with Gasteiger partial charge in [-0.25, -0.2) is 4.79 Å². The molecule has 0 bridgehead atoms. The number of carbonyl (C=O) groups is 2. The lowest BCUT2D eigenvalue weighted by molar-refractivity contribution is -0.115. The summed E-state index contributed by atoms with van der Waals surface area (Å²) in [5, 5.41) is 2.86. The summed E-state index contributed by atoms with van der Waals surface area (Å²) in [7, 11) is 1.34. The Labute approximate surface area is 140 Å². The van der Waals surface area contributed by atoms with E-state index >= 15 is 0 Å². The van der Waals surface area contributed by atoms with Crippen LogP contribution in [0.4, 0.5) is 5.69 Å². The Balaban J connectivity index is 1.91. The molecule has 0 aromatic heterocycles. The van der Waals surface area contributed by atoms with Crippen LogP contribution in [0.2, 0.25) is 0 Å². The first kappa shape index (κ1) is 17.1. The predicted octanol–water partition coefficient (Wildman–Crippen LogP) is 3.90. The number of benzene rings is 2. The van der Waals surface area contributed by atoms with E-state index in [1.807, 2.05) is 30.3 Å². The van der Waals surface area contributed by atoms with E-state index in [1.54, 1.807) is 36.9 Å². The van der Waals surface area contributed by atoms with E-state index in [4.69, 9.17) is 4.74 Å². The molecule has 2 aromatic carbocycles. The number of amides is 1. The van der Waals surface area contributed by atoms with Gasteiger partial charge in [0.2, 0.25) is 5.91 Å². The summed E-state index contributed by atoms with van der Waals surface area (Å²) in [6.07, 6.45) is 0.404. The van der Waals surface area contributed by atoms with Gasteiger partial charge in [0, 0.05) is 22.8 Å². The molecule has 1 amide bonds. The Morgan fingerprint density at radius 2 is 1.83 bits per heavy atom. The molecule has 4 nitrogen and oxygen atoms in total. The lowest BCUT2D eigenvalue weighted by Crippen LogP contribution is -2.14. The van der Waals surface area contributed by atoms with Gasteiger partial charge in [0.05, 0.1) is 12.7 Å². The minimum Gasteiger partial charge on any atom is -0.465 e. The Hall–Kier alpha value is -2.27. The maximum Gasteiger partial charge on any atom is 0.338 e. The number of methoxy groups -OCH3 is 1. The maximum atomic E-state index is 12.1. The number of ether oxygens (including phenoxy) is 1. The third-order valence-corrected chi connectivity index (χ3v) is 4.37. The van der Waals surface area contributed by atoms with Crippen molar-refractivity contribution in [2.45, 2.75) is 18.2 Å². The summed E-state index contributed by atoms with van der Waals surface area (Å²) in [5.41, 5.74) is 1.81. The van der Waals surface area contributed by atoms with E-state index in [9.17, 15) is 9.59 Å². The van der Waals surface area contributed by atoms with E-state index in [1.165, 1.54) is 7.11 Å². The lowest BCUT2D eigenvalue weighted by Gasteiger charge is -2.11. The van der Waals surface area contributed by atoms with Crippen molar-refractivity contribution in [3.63, 3.8) is 0 Å². The van der Waals surface area contributed by atoms with Crippen LogP contribution < -0.4 is 5.32 Å². The van der Waals surface area contributed by atoms with Gasteiger partial charge in [-0.05, 0) is 36.8 Å². The van der Waals surface area contributed by atoms with Gasteiger partial charge in [-0.2, -0.15) is 0 Å². The third-order valence-electron chi connectivity index (χ3n) is 3.35. The summed E-state index contributed by atoms with van der Waals surface area (Å²) >= 11 is 1.64. The minimum atomic E-state index is -0.404. The van der Waals surface area contributed by atoms with E-state index in [0.29, 0.717) is 29.0 Å². The summed E-state index contributed by atoms with van der Waals surface area (Å²) in [6, 6.07) is 15.2. The van der Waals surface area contributed by atoms with Crippen molar-refractivity contribution in [2.24, 2.45) is 0 Å². The number of nitrogens with one attached hydrogen (secondary N) is 1. The summed E-state index contributed by atoms with van der Waals surface area (Å²) in [4.78, 5) is 24.9. The van der Waals surface area contributed by atoms with Crippen molar-refractivity contribution < 1.29 is 14.3 Å². The second-order valence-electron chi connectivity index (χ2n) is 4.93. The quantitative estimate of drug-likeness (QED) is 0.645. The lowest BCUT2D eigenvalue weighted by atomic mass is 10.1. The molecule has 120 valence electrons. The van der Waals surface area contributed by atoms with Crippen molar-refractivity contribution in [2.75, 3.05) is 18.2 Å². The normalized spacial score (nSPS) is 10.2. The molecule has 0 unspecified atom stereocenters. The van der Waals surface area contributed by atoms with Crippen LogP contribution in [-0.2, 0) is 9.53 Å². The Bertz CT molecular complexity index is 686. The van der Waals surface area contributed by atoms with E-state index in [0.717, 1.165) is 4.90 Å². The highest BCUT2D eigenvalue weighted by molar-refractivity contribution is 7.99. The highest BCUT2D eigenvalue weighted by Gasteiger charge is 2.13. The zero-order valence-corrected chi connectivity index (χ0v) is 14.0. The molecular weight excluding hydrogens is 310 g/mol. The van der Waals surface area contributed by atoms with E-state index in [2.05, 4.69) is 5.32 Å². The van der Waals surface area contributed by atoms with Gasteiger partial charge in [-0.15, -0.1) is 11.8 Å². The zero-order chi connectivity index (χ0) is 16.7. The molecule has 1 N–H and O–H groups in total. The second-order valence-corrected chi connectivity index (χ2v) is 6.10. The number of hydrogen-bond donors (Lipinski definition) is 1. The van der Waals surface area contributed by atoms with Crippen LogP contribution in [0.25, 0.3) is 0 Å². The van der Waals surface area contributed by atoms with Crippen LogP contribution in [0.5, 0.6) is 0 Å². The second kappa shape index (κ2) is 8.39. The van der Waals surface area contributed by atoms with Crippen molar-refractivity contribution in [1.29, 1.82) is 0 Å². The molecule has 23 heavy (non-hydrogen) atoms. The van der Waals surface area contributed by atoms with Gasteiger partial charge < -0.3 is 10.1 Å². The van der Waals surface area contributed by atoms with Crippen molar-refractivity contribution >= 4 is 29.3 Å². The van der Waals surface area contributed by atoms with Crippen molar-refractivity contribution in [3.8, 4) is 0 Å². The molecule has 0 heterocycles. The summed E-state index contributed by atoms with van der Waals surface area (Å²) < 4.78 is 4.74. The largest absolute Gasteiger partial charge is 0.465 e. The fraction of sp³-hybridized carbons (Fsp3) is 0.222. The number of anilines is 1. The molecule has 5 heteroatoms. The van der Waals surface area contributed by atoms with Gasteiger partial charge in [0.25, 0.3) is 0 Å². The molecule has 0 radical (unpaired) electrons. The van der Waals surface area contributed by atoms with Crippen molar-refractivity contribution in [1.82, 2.24) is 0 Å². The van der Waals surface area contributed by atoms with Crippen LogP contribution in [0, 0.1) is 6.92 Å². The topological polar surface area (TPSA) is 55.4 Å². The smallest absolute Gasteiger partial charge is 0.338 e. The number of thioether (sulfide) groups is 1. The van der Waals surface area contributed by atoms with Crippen LogP contribution in [-0.4, -0.2) is 24.7 Å². The molecule has 2 rings (SSSR count). The Kier molecular flexibility index (Phi) is 6.23. The summed E-state index contributed by atoms with van der Waals surface area (Å²) in [5.74, 6) is 0.225. The summed E-state index contributed by atoms with van der Waals surface area (Å²) in [6.45, 7) is 1.79. The standard InChI is InChI=1S/C18H19NO3S/c1-13-15(18(21)22-2)9-6-10-16(13)19-17(20)11-12-23-14-7-4-3-5-8-14/h3-10H,11-12H2,1-2H3,(H,19,20). The monoisotopic (exact) mass is 329 g/mol. The molecule has 0 aliphatic heterocycles. The SMILES string of the molecule is COC(=O)c1cccc(NC(=O)CCSc2ccccc2)c1C. The first-order valence-corrected chi connectivity index (χ1v) is 8.26. The molecule has 0 fully saturated rings. The van der Waals surface area contributed by atoms with Gasteiger partial charge in [0.1, 0.15) is 0 Å². The first-order valence-electron chi connectivity index (χ1n) is 7.27. The molecular formula is C18H19NO3S. The average molecular weight is 329 g/mol. The third kappa shape index (κ3) is 4.86. The molecule has 0 spiro atoms. The first-order chi connectivity index (χ1) is 11.1. The molecule has 2 aromatic rings. The Morgan fingerprint density at radius 3 is 2.52 bits per heavy atom. The van der Waals surface area contributed by atoms with E-state index in [-0.39, 0.29) is 5.91 Å². The van der Waals surface area contributed by atoms with Crippen LogP contribution in [0.3, 0.4) is 0 Å². The number of carbonyl (C=O) groups excluding carboxylic acids is 2. The van der Waals surface area contributed by atoms with Gasteiger partial charge in [-0.3, -0.25) is 4.79 Å². The molecule has 0 aliphatic rings. The molecule has 0 saturated carbocycles. The van der Waals surface area contributed by atoms with Gasteiger partial charge >= 0.3 is 5.97 Å². The van der Waals surface area contributed by atoms with E-state index < -0.39 is 5.97 Å². The number of rotatable bonds is 6. The number of hydrogen-bond acceptors (Lipinski definition) is 4. The van der Waals surface area contributed by atoms with Gasteiger partial charge in [0.15, 0.2) is 0 Å². The molecule has 0 atom stereocenters. The maximum absolute atomic E-state index is 12.1. The van der Waals surface area contributed by atoms with Crippen LogP contribution in [0.1, 0.15) is 22.3 Å². The predicted molar refractivity (Wildman–Crippen MR) is 92.9 cm³/mol. The fourth-order valence-electron chi connectivity index (χ4n) is 2.09.